The summed E-state index contributed by atoms with van der Waals surface area (Å²) in [6.45, 7) is 3.78. The summed E-state index contributed by atoms with van der Waals surface area (Å²) in [5.74, 6) is -6.45. The Hall–Kier alpha value is -3.27. The lowest BCUT2D eigenvalue weighted by molar-refractivity contribution is -0.159. The average molecular weight is 380 g/mol. The quantitative estimate of drug-likeness (QED) is 0.504. The number of aliphatic carboxylic acids is 4. The Morgan fingerprint density at radius 2 is 1.48 bits per heavy atom. The van der Waals surface area contributed by atoms with Crippen LogP contribution in [0.25, 0.3) is 6.08 Å². The van der Waals surface area contributed by atoms with Crippen molar-refractivity contribution in [2.45, 2.75) is 12.8 Å². The summed E-state index contributed by atoms with van der Waals surface area (Å²) in [6.07, 6.45) is 8.82. The third-order valence-corrected chi connectivity index (χ3v) is 3.92. The van der Waals surface area contributed by atoms with E-state index in [-0.39, 0.29) is 0 Å². The topological polar surface area (TPSA) is 165 Å². The zero-order valence-corrected chi connectivity index (χ0v) is 14.3. The molecule has 0 amide bonds. The number of rotatable bonds is 1. The van der Waals surface area contributed by atoms with Gasteiger partial charge in [0.2, 0.25) is 0 Å². The minimum atomic E-state index is -1.82. The molecule has 4 N–H and O–H groups in total. The average Bonchev–Trinajstić information content (AvgIpc) is 2.64. The number of hydrogen-bond acceptors (Lipinski definition) is 6. The van der Waals surface area contributed by atoms with Crippen LogP contribution in [0.1, 0.15) is 18.4 Å². The van der Waals surface area contributed by atoms with Gasteiger partial charge in [-0.2, -0.15) is 0 Å². The molecule has 0 saturated carbocycles. The fourth-order valence-corrected chi connectivity index (χ4v) is 2.69. The van der Waals surface area contributed by atoms with Crippen LogP contribution in [-0.2, 0) is 19.2 Å². The molecule has 1 aromatic heterocycles. The van der Waals surface area contributed by atoms with E-state index >= 15 is 0 Å². The number of piperidine rings is 3. The SMILES string of the molecule is C(=C1/CN2CCC1CC2)/c1cccnc1.O=C(O)C(=O)O.O=C(O)C(=O)O. The van der Waals surface area contributed by atoms with Gasteiger partial charge in [0.1, 0.15) is 0 Å². The van der Waals surface area contributed by atoms with Crippen LogP contribution in [0.2, 0.25) is 0 Å². The second-order valence-corrected chi connectivity index (χ2v) is 5.78. The molecule has 4 heterocycles. The molecule has 0 aliphatic carbocycles. The van der Waals surface area contributed by atoms with E-state index in [2.05, 4.69) is 22.0 Å². The molecule has 0 atom stereocenters. The van der Waals surface area contributed by atoms with Crippen molar-refractivity contribution >= 4 is 30.0 Å². The highest BCUT2D eigenvalue weighted by molar-refractivity contribution is 6.27. The molecule has 146 valence electrons. The zero-order chi connectivity index (χ0) is 20.4. The number of carbonyl (C=O) groups is 4. The molecule has 3 aliphatic rings. The molecule has 0 radical (unpaired) electrons. The molecule has 0 unspecified atom stereocenters. The van der Waals surface area contributed by atoms with Crippen molar-refractivity contribution in [1.82, 2.24) is 9.88 Å². The second kappa shape index (κ2) is 10.7. The van der Waals surface area contributed by atoms with Gasteiger partial charge in [0.25, 0.3) is 0 Å². The summed E-state index contributed by atoms with van der Waals surface area (Å²) in [4.78, 5) is 43.1. The number of nitrogens with zero attached hydrogens (tertiary/aromatic N) is 2. The van der Waals surface area contributed by atoms with Gasteiger partial charge in [-0.1, -0.05) is 17.7 Å². The molecule has 0 spiro atoms. The Morgan fingerprint density at radius 3 is 1.81 bits per heavy atom. The third kappa shape index (κ3) is 8.10. The van der Waals surface area contributed by atoms with E-state index in [1.807, 2.05) is 18.5 Å². The minimum absolute atomic E-state index is 0.843. The van der Waals surface area contributed by atoms with Crippen LogP contribution in [0.4, 0.5) is 0 Å². The van der Waals surface area contributed by atoms with E-state index in [9.17, 15) is 0 Å². The largest absolute Gasteiger partial charge is 0.473 e. The van der Waals surface area contributed by atoms with Gasteiger partial charge in [0, 0.05) is 18.9 Å². The summed E-state index contributed by atoms with van der Waals surface area (Å²) in [6, 6.07) is 4.14. The summed E-state index contributed by atoms with van der Waals surface area (Å²) in [5, 5.41) is 29.6. The van der Waals surface area contributed by atoms with Crippen molar-refractivity contribution in [2.24, 2.45) is 5.92 Å². The Kier molecular flexibility index (Phi) is 8.60. The van der Waals surface area contributed by atoms with E-state index < -0.39 is 23.9 Å². The van der Waals surface area contributed by atoms with E-state index in [1.54, 1.807) is 5.57 Å². The number of aromatic nitrogens is 1. The van der Waals surface area contributed by atoms with Gasteiger partial charge >= 0.3 is 23.9 Å². The molecule has 1 aromatic rings. The first kappa shape index (κ1) is 21.8. The third-order valence-electron chi connectivity index (χ3n) is 3.92. The molecule has 10 heteroatoms. The van der Waals surface area contributed by atoms with Gasteiger partial charge in [-0.15, -0.1) is 0 Å². The molecule has 3 saturated heterocycles. The van der Waals surface area contributed by atoms with Crippen LogP contribution < -0.4 is 0 Å². The van der Waals surface area contributed by atoms with Crippen LogP contribution in [-0.4, -0.2) is 73.8 Å². The molecule has 4 rings (SSSR count). The van der Waals surface area contributed by atoms with Crippen molar-refractivity contribution in [2.75, 3.05) is 19.6 Å². The van der Waals surface area contributed by atoms with Crippen LogP contribution >= 0.6 is 0 Å². The molecule has 2 bridgehead atoms. The predicted octanol–water partition coefficient (Wildman–Crippen LogP) is 0.502. The van der Waals surface area contributed by atoms with Gasteiger partial charge in [-0.05, 0) is 43.5 Å². The zero-order valence-electron chi connectivity index (χ0n) is 14.3. The van der Waals surface area contributed by atoms with E-state index in [0.717, 1.165) is 5.92 Å². The van der Waals surface area contributed by atoms with Crippen LogP contribution in [0, 0.1) is 5.92 Å². The van der Waals surface area contributed by atoms with Gasteiger partial charge < -0.3 is 20.4 Å². The summed E-state index contributed by atoms with van der Waals surface area (Å²) >= 11 is 0. The maximum absolute atomic E-state index is 9.10. The predicted molar refractivity (Wildman–Crippen MR) is 91.9 cm³/mol. The summed E-state index contributed by atoms with van der Waals surface area (Å²) in [5.41, 5.74) is 2.86. The molecule has 0 aromatic carbocycles. The van der Waals surface area contributed by atoms with Crippen molar-refractivity contribution < 1.29 is 39.6 Å². The lowest BCUT2D eigenvalue weighted by Crippen LogP contribution is -2.42. The van der Waals surface area contributed by atoms with Crippen molar-refractivity contribution in [3.8, 4) is 0 Å². The highest BCUT2D eigenvalue weighted by atomic mass is 16.4. The molecular formula is C17H20N2O8. The van der Waals surface area contributed by atoms with Crippen LogP contribution in [0.15, 0.2) is 30.1 Å². The number of carboxylic acid groups (broad SMARTS) is 4. The highest BCUT2D eigenvalue weighted by Crippen LogP contribution is 2.32. The fraction of sp³-hybridized carbons (Fsp3) is 0.353. The maximum atomic E-state index is 9.10. The molecular weight excluding hydrogens is 360 g/mol. The van der Waals surface area contributed by atoms with Crippen LogP contribution in [0.3, 0.4) is 0 Å². The Bertz CT molecular complexity index is 661. The van der Waals surface area contributed by atoms with E-state index in [0.29, 0.717) is 0 Å². The first-order chi connectivity index (χ1) is 12.7. The van der Waals surface area contributed by atoms with Crippen molar-refractivity contribution in [3.63, 3.8) is 0 Å². The molecule has 27 heavy (non-hydrogen) atoms. The standard InChI is InChI=1S/C13H16N2.2C2H2O4/c1-2-11(9-14-5-1)8-13-10-15-6-3-12(13)4-7-15;2*3-1(4)2(5)6/h1-2,5,8-9,12H,3-4,6-7,10H2;2*(H,3,4)(H,5,6)/b13-8+;;. The molecule has 10 nitrogen and oxygen atoms in total. The highest BCUT2D eigenvalue weighted by Gasteiger charge is 2.29. The van der Waals surface area contributed by atoms with E-state index in [1.165, 1.54) is 38.0 Å². The molecule has 3 aliphatic heterocycles. The van der Waals surface area contributed by atoms with Gasteiger partial charge in [-0.25, -0.2) is 19.2 Å². The smallest absolute Gasteiger partial charge is 0.414 e. The first-order valence-electron chi connectivity index (χ1n) is 7.96. The van der Waals surface area contributed by atoms with Gasteiger partial charge in [0.15, 0.2) is 0 Å². The monoisotopic (exact) mass is 380 g/mol. The lowest BCUT2D eigenvalue weighted by Gasteiger charge is -2.41. The summed E-state index contributed by atoms with van der Waals surface area (Å²) < 4.78 is 0. The fourth-order valence-electron chi connectivity index (χ4n) is 2.69. The number of hydrogen-bond donors (Lipinski definition) is 4. The normalized spacial score (nSPS) is 21.1. The maximum Gasteiger partial charge on any atom is 0.414 e. The second-order valence-electron chi connectivity index (χ2n) is 5.78. The van der Waals surface area contributed by atoms with E-state index in [4.69, 9.17) is 39.6 Å². The van der Waals surface area contributed by atoms with Gasteiger partial charge in [-0.3, -0.25) is 9.88 Å². The lowest BCUT2D eigenvalue weighted by atomic mass is 9.83. The Balaban J connectivity index is 0.000000256. The minimum Gasteiger partial charge on any atom is -0.473 e. The van der Waals surface area contributed by atoms with Crippen molar-refractivity contribution in [3.05, 3.63) is 35.7 Å². The summed E-state index contributed by atoms with van der Waals surface area (Å²) in [7, 11) is 0. The number of fused-ring (bicyclic) bond motifs is 3. The Morgan fingerprint density at radius 1 is 0.963 bits per heavy atom. The van der Waals surface area contributed by atoms with Crippen LogP contribution in [0.5, 0.6) is 0 Å². The van der Waals surface area contributed by atoms with Gasteiger partial charge in [0.05, 0.1) is 0 Å². The van der Waals surface area contributed by atoms with Crippen molar-refractivity contribution in [1.29, 1.82) is 0 Å². The number of carboxylic acids is 4. The Labute approximate surface area is 154 Å². The molecule has 3 fully saturated rings. The first-order valence-corrected chi connectivity index (χ1v) is 7.96. The number of pyridine rings is 1.